The Bertz CT molecular complexity index is 671. The third kappa shape index (κ3) is 2.24. The van der Waals surface area contributed by atoms with Crippen LogP contribution in [0.5, 0.6) is 5.88 Å². The summed E-state index contributed by atoms with van der Waals surface area (Å²) in [6, 6.07) is 0. The van der Waals surface area contributed by atoms with E-state index in [9.17, 15) is 0 Å². The number of nitrogens with zero attached hydrogens (tertiary/aromatic N) is 2. The second-order valence-electron chi connectivity index (χ2n) is 7.02. The lowest BCUT2D eigenvalue weighted by Gasteiger charge is -2.24. The van der Waals surface area contributed by atoms with Crippen molar-refractivity contribution in [2.24, 2.45) is 0 Å². The minimum atomic E-state index is 0.225. The molecule has 3 nitrogen and oxygen atoms in total. The van der Waals surface area contributed by atoms with Gasteiger partial charge in [-0.05, 0) is 49.5 Å². The van der Waals surface area contributed by atoms with Crippen molar-refractivity contribution < 1.29 is 4.74 Å². The van der Waals surface area contributed by atoms with Crippen LogP contribution < -0.4 is 4.74 Å². The van der Waals surface area contributed by atoms with Crippen molar-refractivity contribution >= 4 is 21.6 Å². The van der Waals surface area contributed by atoms with Crippen molar-refractivity contribution in [1.29, 1.82) is 0 Å². The molecule has 2 aliphatic carbocycles. The molecule has 4 rings (SSSR count). The number of fused-ring (bicyclic) bond motifs is 3. The van der Waals surface area contributed by atoms with Crippen LogP contribution in [0.3, 0.4) is 0 Å². The SMILES string of the molecule is CC1(C)CCc2sc3ncnc(OC4CCCCC4)c3c21. The summed E-state index contributed by atoms with van der Waals surface area (Å²) in [7, 11) is 0. The lowest BCUT2D eigenvalue weighted by molar-refractivity contribution is 0.150. The highest BCUT2D eigenvalue weighted by atomic mass is 32.1. The van der Waals surface area contributed by atoms with Crippen molar-refractivity contribution in [3.8, 4) is 5.88 Å². The van der Waals surface area contributed by atoms with Gasteiger partial charge in [0.25, 0.3) is 0 Å². The smallest absolute Gasteiger partial charge is 0.225 e. The molecule has 0 amide bonds. The Kier molecular flexibility index (Phi) is 3.18. The molecule has 0 saturated heterocycles. The van der Waals surface area contributed by atoms with E-state index in [-0.39, 0.29) is 5.41 Å². The highest BCUT2D eigenvalue weighted by Crippen LogP contribution is 2.48. The summed E-state index contributed by atoms with van der Waals surface area (Å²) in [6.45, 7) is 4.67. The van der Waals surface area contributed by atoms with Crippen LogP contribution in [0.15, 0.2) is 6.33 Å². The number of hydrogen-bond donors (Lipinski definition) is 0. The molecule has 0 unspecified atom stereocenters. The molecule has 1 saturated carbocycles. The first kappa shape index (κ1) is 13.5. The Hall–Kier alpha value is -1.16. The maximum absolute atomic E-state index is 6.30. The van der Waals surface area contributed by atoms with Crippen molar-refractivity contribution in [2.45, 2.75) is 70.3 Å². The molecule has 1 fully saturated rings. The third-order valence-corrected chi connectivity index (χ3v) is 6.17. The lowest BCUT2D eigenvalue weighted by atomic mass is 9.86. The van der Waals surface area contributed by atoms with Gasteiger partial charge in [-0.25, -0.2) is 9.97 Å². The van der Waals surface area contributed by atoms with Crippen LogP contribution in [-0.2, 0) is 11.8 Å². The summed E-state index contributed by atoms with van der Waals surface area (Å²) in [5, 5.41) is 1.20. The fourth-order valence-corrected chi connectivity index (χ4v) is 5.14. The normalized spacial score (nSPS) is 21.6. The van der Waals surface area contributed by atoms with E-state index in [1.54, 1.807) is 6.33 Å². The zero-order valence-electron chi connectivity index (χ0n) is 12.8. The number of aryl methyl sites for hydroxylation is 1. The summed E-state index contributed by atoms with van der Waals surface area (Å²) in [4.78, 5) is 11.6. The fourth-order valence-electron chi connectivity index (χ4n) is 3.83. The zero-order chi connectivity index (χ0) is 14.4. The molecular weight excluding hydrogens is 280 g/mol. The third-order valence-electron chi connectivity index (χ3n) is 5.01. The summed E-state index contributed by atoms with van der Waals surface area (Å²) in [5.74, 6) is 0.833. The molecule has 21 heavy (non-hydrogen) atoms. The highest BCUT2D eigenvalue weighted by Gasteiger charge is 2.36. The highest BCUT2D eigenvalue weighted by molar-refractivity contribution is 7.19. The van der Waals surface area contributed by atoms with E-state index >= 15 is 0 Å². The lowest BCUT2D eigenvalue weighted by Crippen LogP contribution is -2.21. The van der Waals surface area contributed by atoms with Gasteiger partial charge in [-0.3, -0.25) is 0 Å². The molecule has 0 radical (unpaired) electrons. The van der Waals surface area contributed by atoms with Gasteiger partial charge < -0.3 is 4.74 Å². The molecule has 0 bridgehead atoms. The van der Waals surface area contributed by atoms with Gasteiger partial charge in [0.15, 0.2) is 0 Å². The summed E-state index contributed by atoms with van der Waals surface area (Å²) < 4.78 is 6.30. The zero-order valence-corrected chi connectivity index (χ0v) is 13.6. The Labute approximate surface area is 129 Å². The molecule has 4 heteroatoms. The summed E-state index contributed by atoms with van der Waals surface area (Å²) in [5.41, 5.74) is 1.68. The van der Waals surface area contributed by atoms with Crippen molar-refractivity contribution in [2.75, 3.05) is 0 Å². The molecule has 0 aliphatic heterocycles. The van der Waals surface area contributed by atoms with Gasteiger partial charge >= 0.3 is 0 Å². The molecule has 0 spiro atoms. The minimum absolute atomic E-state index is 0.225. The molecule has 0 aromatic carbocycles. The van der Waals surface area contributed by atoms with Crippen LogP contribution in [0, 0.1) is 0 Å². The molecule has 112 valence electrons. The summed E-state index contributed by atoms with van der Waals surface area (Å²) >= 11 is 1.83. The summed E-state index contributed by atoms with van der Waals surface area (Å²) in [6.07, 6.45) is 10.7. The first-order valence-electron chi connectivity index (χ1n) is 8.09. The number of ether oxygens (including phenoxy) is 1. The fraction of sp³-hybridized carbons (Fsp3) is 0.647. The van der Waals surface area contributed by atoms with Gasteiger partial charge in [0, 0.05) is 4.88 Å². The van der Waals surface area contributed by atoms with Gasteiger partial charge in [-0.1, -0.05) is 20.3 Å². The van der Waals surface area contributed by atoms with E-state index in [0.29, 0.717) is 6.10 Å². The van der Waals surface area contributed by atoms with Crippen LogP contribution in [0.1, 0.15) is 62.8 Å². The van der Waals surface area contributed by atoms with Crippen LogP contribution in [0.4, 0.5) is 0 Å². The first-order chi connectivity index (χ1) is 10.1. The van der Waals surface area contributed by atoms with Gasteiger partial charge in [-0.15, -0.1) is 11.3 Å². The van der Waals surface area contributed by atoms with E-state index in [1.807, 2.05) is 11.3 Å². The molecule has 2 aliphatic rings. The maximum Gasteiger partial charge on any atom is 0.225 e. The Balaban J connectivity index is 1.78. The van der Waals surface area contributed by atoms with Gasteiger partial charge in [0.05, 0.1) is 5.39 Å². The number of thiophene rings is 1. The Morgan fingerprint density at radius 1 is 1.19 bits per heavy atom. The molecule has 2 aromatic heterocycles. The number of hydrogen-bond acceptors (Lipinski definition) is 4. The van der Waals surface area contributed by atoms with Crippen LogP contribution in [0.25, 0.3) is 10.2 Å². The first-order valence-corrected chi connectivity index (χ1v) is 8.90. The van der Waals surface area contributed by atoms with Gasteiger partial charge in [0.2, 0.25) is 5.88 Å². The number of aromatic nitrogens is 2. The minimum Gasteiger partial charge on any atom is -0.474 e. The second kappa shape index (κ2) is 4.94. The van der Waals surface area contributed by atoms with E-state index < -0.39 is 0 Å². The maximum atomic E-state index is 6.30. The van der Waals surface area contributed by atoms with Crippen molar-refractivity contribution in [3.05, 3.63) is 16.8 Å². The molecular formula is C17H22N2OS. The van der Waals surface area contributed by atoms with E-state index in [1.165, 1.54) is 60.8 Å². The predicted octanol–water partition coefficient (Wildman–Crippen LogP) is 4.63. The van der Waals surface area contributed by atoms with Crippen molar-refractivity contribution in [1.82, 2.24) is 9.97 Å². The quantitative estimate of drug-likeness (QED) is 0.811. The molecule has 0 N–H and O–H groups in total. The largest absolute Gasteiger partial charge is 0.474 e. The van der Waals surface area contributed by atoms with Crippen molar-refractivity contribution in [3.63, 3.8) is 0 Å². The Morgan fingerprint density at radius 3 is 2.81 bits per heavy atom. The average Bonchev–Trinajstić information content (AvgIpc) is 2.99. The van der Waals surface area contributed by atoms with Crippen LogP contribution in [0.2, 0.25) is 0 Å². The van der Waals surface area contributed by atoms with Gasteiger partial charge in [0.1, 0.15) is 17.3 Å². The molecule has 2 heterocycles. The van der Waals surface area contributed by atoms with Gasteiger partial charge in [-0.2, -0.15) is 0 Å². The van der Waals surface area contributed by atoms with E-state index in [0.717, 1.165) is 10.7 Å². The van der Waals surface area contributed by atoms with Crippen LogP contribution in [-0.4, -0.2) is 16.1 Å². The molecule has 0 atom stereocenters. The topological polar surface area (TPSA) is 35.0 Å². The van der Waals surface area contributed by atoms with Crippen LogP contribution >= 0.6 is 11.3 Å². The Morgan fingerprint density at radius 2 is 2.00 bits per heavy atom. The monoisotopic (exact) mass is 302 g/mol. The standard InChI is InChI=1S/C17H22N2OS/c1-17(2)9-8-12-14(17)13-15(18-10-19-16(13)21-12)20-11-6-4-3-5-7-11/h10-11H,3-9H2,1-2H3. The predicted molar refractivity (Wildman–Crippen MR) is 86.3 cm³/mol. The second-order valence-corrected chi connectivity index (χ2v) is 8.10. The average molecular weight is 302 g/mol. The van der Waals surface area contributed by atoms with E-state index in [4.69, 9.17) is 4.74 Å². The number of rotatable bonds is 2. The molecule has 2 aromatic rings. The van der Waals surface area contributed by atoms with E-state index in [2.05, 4.69) is 23.8 Å².